The second-order valence-electron chi connectivity index (χ2n) is 6.82. The molecule has 0 saturated carbocycles. The van der Waals surface area contributed by atoms with Crippen molar-refractivity contribution in [1.82, 2.24) is 0 Å². The number of benzene rings is 1. The summed E-state index contributed by atoms with van der Waals surface area (Å²) in [7, 11) is -1.60. The topological polar surface area (TPSA) is 20.2 Å². The summed E-state index contributed by atoms with van der Waals surface area (Å²) < 4.78 is 0. The van der Waals surface area contributed by atoms with Crippen molar-refractivity contribution in [2.75, 3.05) is 6.61 Å². The van der Waals surface area contributed by atoms with Gasteiger partial charge >= 0.3 is 26.2 Å². The average Bonchev–Trinajstić information content (AvgIpc) is 3.07. The van der Waals surface area contributed by atoms with Gasteiger partial charge in [-0.2, -0.15) is 0 Å². The summed E-state index contributed by atoms with van der Waals surface area (Å²) in [5.41, 5.74) is 7.36. The molecule has 2 aliphatic carbocycles. The molecule has 0 atom stereocenters. The van der Waals surface area contributed by atoms with E-state index in [1.807, 2.05) is 0 Å². The summed E-state index contributed by atoms with van der Waals surface area (Å²) in [5, 5.41) is 10.8. The van der Waals surface area contributed by atoms with Crippen LogP contribution in [-0.4, -0.2) is 19.8 Å². The van der Waals surface area contributed by atoms with Gasteiger partial charge in [-0.25, -0.2) is 0 Å². The Bertz CT molecular complexity index is 748. The van der Waals surface area contributed by atoms with Gasteiger partial charge in [-0.3, -0.25) is 0 Å². The van der Waals surface area contributed by atoms with Gasteiger partial charge in [0.2, 0.25) is 0 Å². The molecule has 0 heterocycles. The number of halogens is 2. The van der Waals surface area contributed by atoms with E-state index < -0.39 is 8.07 Å². The molecule has 0 saturated heterocycles. The molecule has 0 aliphatic heterocycles. The minimum atomic E-state index is -1.60. The van der Waals surface area contributed by atoms with E-state index in [0.29, 0.717) is 0 Å². The molecule has 1 aromatic carbocycles. The first-order chi connectivity index (χ1) is 10.5. The third-order valence-electron chi connectivity index (χ3n) is 4.89. The van der Waals surface area contributed by atoms with E-state index in [1.54, 1.807) is 0 Å². The average molecular weight is 470 g/mol. The number of rotatable bonds is 4. The van der Waals surface area contributed by atoms with Gasteiger partial charge in [-0.15, -0.1) is 46.6 Å². The van der Waals surface area contributed by atoms with Crippen LogP contribution < -0.4 is 30.0 Å². The predicted octanol–water partition coefficient (Wildman–Crippen LogP) is -2.10. The van der Waals surface area contributed by atoms with E-state index in [-0.39, 0.29) is 57.6 Å². The first-order valence-corrected chi connectivity index (χ1v) is 11.1. The first kappa shape index (κ1) is 24.8. The van der Waals surface area contributed by atoms with Crippen molar-refractivity contribution in [1.29, 1.82) is 0 Å². The smallest absolute Gasteiger partial charge is 1.00 e. The Hall–Kier alpha value is -0.180. The summed E-state index contributed by atoms with van der Waals surface area (Å²) in [6, 6.07) is 5.34. The summed E-state index contributed by atoms with van der Waals surface area (Å²) >= 11 is 0. The van der Waals surface area contributed by atoms with Crippen LogP contribution in [0.2, 0.25) is 19.1 Å². The zero-order valence-corrected chi connectivity index (χ0v) is 19.9. The maximum atomic E-state index is 9.37. The summed E-state index contributed by atoms with van der Waals surface area (Å²) in [4.78, 5) is 0. The van der Waals surface area contributed by atoms with E-state index in [9.17, 15) is 5.11 Å². The molecular formula is C20H23Cl2OSiZr. The molecule has 1 N–H and O–H groups in total. The van der Waals surface area contributed by atoms with Gasteiger partial charge in [-0.1, -0.05) is 48.1 Å². The fraction of sp³-hybridized carbons (Fsp3) is 0.300. The molecule has 25 heavy (non-hydrogen) atoms. The zero-order valence-electron chi connectivity index (χ0n) is 14.9. The Morgan fingerprint density at radius 2 is 1.92 bits per heavy atom. The number of hydrogen-bond donors (Lipinski definition) is 1. The van der Waals surface area contributed by atoms with Crippen molar-refractivity contribution in [2.24, 2.45) is 0 Å². The van der Waals surface area contributed by atoms with Crippen LogP contribution in [0.25, 0.3) is 5.57 Å². The summed E-state index contributed by atoms with van der Waals surface area (Å²) in [6.07, 6.45) is 11.0. The quantitative estimate of drug-likeness (QED) is 0.396. The van der Waals surface area contributed by atoms with Crippen LogP contribution in [0.3, 0.4) is 0 Å². The number of aliphatic hydroxyl groups is 1. The molecule has 0 bridgehead atoms. The van der Waals surface area contributed by atoms with Crippen LogP contribution in [-0.2, 0) is 26.2 Å². The minimum Gasteiger partial charge on any atom is -1.00 e. The van der Waals surface area contributed by atoms with Crippen LogP contribution in [0, 0.1) is 13.0 Å². The second-order valence-corrected chi connectivity index (χ2v) is 11.6. The largest absolute Gasteiger partial charge is 3.00 e. The van der Waals surface area contributed by atoms with Crippen molar-refractivity contribution in [3.63, 3.8) is 0 Å². The fourth-order valence-corrected chi connectivity index (χ4v) is 6.10. The van der Waals surface area contributed by atoms with Crippen molar-refractivity contribution in [3.8, 4) is 0 Å². The van der Waals surface area contributed by atoms with E-state index in [1.165, 1.54) is 33.0 Å². The van der Waals surface area contributed by atoms with Gasteiger partial charge in [0, 0.05) is 6.61 Å². The van der Waals surface area contributed by atoms with Crippen molar-refractivity contribution >= 4 is 18.8 Å². The van der Waals surface area contributed by atoms with Gasteiger partial charge in [0.25, 0.3) is 0 Å². The number of aliphatic hydroxyl groups excluding tert-OH is 1. The Labute approximate surface area is 184 Å². The SMILES string of the molecule is C=C1C(C2=CC=CC2)=[C-]c2ccc([Si](C)(C)CCO)c(C)c21.[Cl-].[Cl-].[Zr+3]. The summed E-state index contributed by atoms with van der Waals surface area (Å²) in [5.74, 6) is 0. The van der Waals surface area contributed by atoms with Gasteiger partial charge in [0.1, 0.15) is 0 Å². The van der Waals surface area contributed by atoms with Gasteiger partial charge in [-0.05, 0) is 19.4 Å². The van der Waals surface area contributed by atoms with Crippen molar-refractivity contribution < 1.29 is 56.1 Å². The third kappa shape index (κ3) is 4.57. The molecule has 3 rings (SSSR count). The monoisotopic (exact) mass is 467 g/mol. The first-order valence-electron chi connectivity index (χ1n) is 7.90. The normalized spacial score (nSPS) is 14.8. The molecule has 1 aromatic rings. The van der Waals surface area contributed by atoms with E-state index in [0.717, 1.165) is 18.0 Å². The Kier molecular flexibility index (Phi) is 9.60. The maximum absolute atomic E-state index is 9.37. The van der Waals surface area contributed by atoms with Gasteiger partial charge in [0.15, 0.2) is 0 Å². The Balaban J connectivity index is 0.00000192. The Morgan fingerprint density at radius 1 is 1.24 bits per heavy atom. The molecule has 2 aliphatic rings. The van der Waals surface area contributed by atoms with Gasteiger partial charge < -0.3 is 29.9 Å². The fourth-order valence-electron chi connectivity index (χ4n) is 3.59. The summed E-state index contributed by atoms with van der Waals surface area (Å²) in [6.45, 7) is 11.5. The molecule has 1 nitrogen and oxygen atoms in total. The van der Waals surface area contributed by atoms with E-state index in [4.69, 9.17) is 0 Å². The molecule has 0 aromatic heterocycles. The van der Waals surface area contributed by atoms with E-state index >= 15 is 0 Å². The number of fused-ring (bicyclic) bond motifs is 1. The maximum Gasteiger partial charge on any atom is 3.00 e. The molecule has 0 unspecified atom stereocenters. The van der Waals surface area contributed by atoms with E-state index in [2.05, 4.69) is 63.0 Å². The minimum absolute atomic E-state index is 0. The molecule has 5 heteroatoms. The Morgan fingerprint density at radius 3 is 2.48 bits per heavy atom. The predicted molar refractivity (Wildman–Crippen MR) is 96.9 cm³/mol. The zero-order chi connectivity index (χ0) is 15.9. The second kappa shape index (κ2) is 9.67. The molecular weight excluding hydrogens is 446 g/mol. The van der Waals surface area contributed by atoms with Crippen LogP contribution >= 0.6 is 0 Å². The molecule has 0 spiro atoms. The standard InChI is InChI=1S/C20H23OSi.2ClH.Zr/c1-14-18(16-7-5-6-8-16)13-17-9-10-19(15(2)20(14)17)22(3,4)12-11-21;;;/h5-7,9-10,21H,1,8,11-12H2,2-4H3;2*1H;/q-1;;;+3/p-2. The molecule has 0 fully saturated rings. The van der Waals surface area contributed by atoms with Crippen LogP contribution in [0.5, 0.6) is 0 Å². The van der Waals surface area contributed by atoms with Crippen LogP contribution in [0.1, 0.15) is 23.1 Å². The third-order valence-corrected chi connectivity index (χ3v) is 8.36. The molecule has 131 valence electrons. The molecule has 1 radical (unpaired) electrons. The number of allylic oxidation sites excluding steroid dienone is 6. The number of hydrogen-bond acceptors (Lipinski definition) is 1. The van der Waals surface area contributed by atoms with Crippen molar-refractivity contribution in [3.05, 3.63) is 70.9 Å². The van der Waals surface area contributed by atoms with Crippen molar-refractivity contribution in [2.45, 2.75) is 32.5 Å². The van der Waals surface area contributed by atoms with Crippen LogP contribution in [0.4, 0.5) is 0 Å². The van der Waals surface area contributed by atoms with Crippen LogP contribution in [0.15, 0.2) is 48.1 Å². The molecule has 0 amide bonds. The van der Waals surface area contributed by atoms with Gasteiger partial charge in [0.05, 0.1) is 8.07 Å².